The molecule has 12 heteroatoms. The minimum Gasteiger partial charge on any atom is -0.465 e. The summed E-state index contributed by atoms with van der Waals surface area (Å²) in [7, 11) is 1.32. The molecule has 38 heavy (non-hydrogen) atoms. The SMILES string of the molecule is CCn1nc(C)cc1C(=O)Nc1nc2cc(C(=O)OC)cc(SC)c2n1C/C=C/CNC(=O)OC(C)(C)C. The van der Waals surface area contributed by atoms with E-state index >= 15 is 0 Å². The van der Waals surface area contributed by atoms with Crippen LogP contribution in [0.5, 0.6) is 0 Å². The maximum absolute atomic E-state index is 13.2. The van der Waals surface area contributed by atoms with E-state index in [2.05, 4.69) is 20.7 Å². The van der Waals surface area contributed by atoms with Crippen molar-refractivity contribution in [3.05, 3.63) is 47.3 Å². The van der Waals surface area contributed by atoms with Crippen LogP contribution >= 0.6 is 11.8 Å². The number of thioether (sulfide) groups is 1. The summed E-state index contributed by atoms with van der Waals surface area (Å²) in [5.74, 6) is -0.509. The number of rotatable bonds is 9. The van der Waals surface area contributed by atoms with Gasteiger partial charge in [0.05, 0.1) is 29.4 Å². The van der Waals surface area contributed by atoms with E-state index in [1.807, 2.05) is 30.7 Å². The van der Waals surface area contributed by atoms with Crippen molar-refractivity contribution >= 4 is 46.7 Å². The van der Waals surface area contributed by atoms with Gasteiger partial charge in [0.25, 0.3) is 5.91 Å². The molecule has 0 saturated carbocycles. The number of esters is 1. The third-order valence-electron chi connectivity index (χ3n) is 5.33. The zero-order chi connectivity index (χ0) is 28.0. The van der Waals surface area contributed by atoms with Gasteiger partial charge in [-0.3, -0.25) is 14.8 Å². The monoisotopic (exact) mass is 542 g/mol. The lowest BCUT2D eigenvalue weighted by atomic mass is 10.2. The Morgan fingerprint density at radius 1 is 1.16 bits per heavy atom. The zero-order valence-electron chi connectivity index (χ0n) is 22.7. The highest BCUT2D eigenvalue weighted by molar-refractivity contribution is 7.98. The molecule has 0 radical (unpaired) electrons. The van der Waals surface area contributed by atoms with Gasteiger partial charge in [-0.2, -0.15) is 5.10 Å². The number of hydrogen-bond donors (Lipinski definition) is 2. The van der Waals surface area contributed by atoms with Crippen LogP contribution in [0.4, 0.5) is 10.7 Å². The molecule has 1 aromatic carbocycles. The van der Waals surface area contributed by atoms with Gasteiger partial charge >= 0.3 is 12.1 Å². The van der Waals surface area contributed by atoms with Crippen LogP contribution in [0, 0.1) is 6.92 Å². The third kappa shape index (κ3) is 6.94. The fraction of sp³-hybridized carbons (Fsp3) is 0.423. The van der Waals surface area contributed by atoms with Gasteiger partial charge in [0.15, 0.2) is 0 Å². The summed E-state index contributed by atoms with van der Waals surface area (Å²) in [6.45, 7) is 10.3. The Morgan fingerprint density at radius 2 is 1.89 bits per heavy atom. The number of amides is 2. The Bertz CT molecular complexity index is 1370. The van der Waals surface area contributed by atoms with Crippen LogP contribution in [0.3, 0.4) is 0 Å². The number of carbonyl (C=O) groups is 3. The normalized spacial score (nSPS) is 11.7. The maximum atomic E-state index is 13.2. The lowest BCUT2D eigenvalue weighted by Gasteiger charge is -2.19. The number of methoxy groups -OCH3 is 1. The summed E-state index contributed by atoms with van der Waals surface area (Å²) < 4.78 is 13.6. The van der Waals surface area contributed by atoms with E-state index in [9.17, 15) is 14.4 Å². The zero-order valence-corrected chi connectivity index (χ0v) is 23.6. The molecule has 3 aromatic rings. The number of alkyl carbamates (subject to hydrolysis) is 1. The van der Waals surface area contributed by atoms with Gasteiger partial charge in [0.1, 0.15) is 11.3 Å². The van der Waals surface area contributed by atoms with E-state index in [0.29, 0.717) is 35.8 Å². The standard InChI is InChI=1S/C26H34N6O5S/c1-8-32-19(13-16(2)30-32)22(33)29-24-28-18-14-17(23(34)36-6)15-20(38-7)21(18)31(24)12-10-9-11-27-25(35)37-26(3,4)5/h9-10,13-15H,8,11-12H2,1-7H3,(H,27,35)(H,28,29,33)/b10-9+. The average molecular weight is 543 g/mol. The van der Waals surface area contributed by atoms with E-state index in [0.717, 1.165) is 16.1 Å². The lowest BCUT2D eigenvalue weighted by Crippen LogP contribution is -2.32. The molecule has 0 aliphatic rings. The summed E-state index contributed by atoms with van der Waals surface area (Å²) in [6.07, 6.45) is 5.03. The molecule has 0 spiro atoms. The molecule has 3 rings (SSSR count). The predicted molar refractivity (Wildman–Crippen MR) is 147 cm³/mol. The van der Waals surface area contributed by atoms with E-state index in [1.54, 1.807) is 49.7 Å². The number of aryl methyl sites for hydroxylation is 2. The Balaban J connectivity index is 1.94. The van der Waals surface area contributed by atoms with Gasteiger partial charge < -0.3 is 19.4 Å². The number of imidazole rings is 1. The summed E-state index contributed by atoms with van der Waals surface area (Å²) in [5, 5.41) is 9.94. The van der Waals surface area contributed by atoms with Gasteiger partial charge in [-0.1, -0.05) is 12.2 Å². The van der Waals surface area contributed by atoms with Gasteiger partial charge in [0, 0.05) is 24.5 Å². The molecule has 0 saturated heterocycles. The third-order valence-corrected chi connectivity index (χ3v) is 6.08. The highest BCUT2D eigenvalue weighted by Gasteiger charge is 2.21. The highest BCUT2D eigenvalue weighted by Crippen LogP contribution is 2.31. The molecule has 204 valence electrons. The molecular formula is C26H34N6O5S. The number of benzene rings is 1. The van der Waals surface area contributed by atoms with Crippen LogP contribution in [0.1, 0.15) is 54.2 Å². The number of fused-ring (bicyclic) bond motifs is 1. The minimum absolute atomic E-state index is 0.264. The Kier molecular flexibility index (Phi) is 9.21. The molecule has 0 unspecified atom stereocenters. The minimum atomic E-state index is -0.584. The number of aromatic nitrogens is 4. The van der Waals surface area contributed by atoms with Crippen molar-refractivity contribution in [3.8, 4) is 0 Å². The van der Waals surface area contributed by atoms with Crippen LogP contribution in [-0.2, 0) is 22.6 Å². The number of allylic oxidation sites excluding steroid dienone is 1. The van der Waals surface area contributed by atoms with Crippen molar-refractivity contribution in [2.45, 2.75) is 58.2 Å². The quantitative estimate of drug-likeness (QED) is 0.231. The average Bonchev–Trinajstić information content (AvgIpc) is 3.41. The first-order valence-electron chi connectivity index (χ1n) is 12.1. The molecule has 11 nitrogen and oxygen atoms in total. The van der Waals surface area contributed by atoms with E-state index in [4.69, 9.17) is 9.47 Å². The first-order chi connectivity index (χ1) is 18.0. The molecule has 0 aliphatic heterocycles. The van der Waals surface area contributed by atoms with E-state index in [1.165, 1.54) is 18.9 Å². The van der Waals surface area contributed by atoms with Gasteiger partial charge in [-0.05, 0) is 59.1 Å². The first kappa shape index (κ1) is 28.8. The van der Waals surface area contributed by atoms with Crippen LogP contribution in [0.2, 0.25) is 0 Å². The molecule has 0 bridgehead atoms. The number of nitrogens with one attached hydrogen (secondary N) is 2. The summed E-state index contributed by atoms with van der Waals surface area (Å²) in [6, 6.07) is 5.10. The predicted octanol–water partition coefficient (Wildman–Crippen LogP) is 4.40. The van der Waals surface area contributed by atoms with Gasteiger partial charge in [-0.15, -0.1) is 11.8 Å². The number of hydrogen-bond acceptors (Lipinski definition) is 8. The molecule has 2 heterocycles. The maximum Gasteiger partial charge on any atom is 0.407 e. The number of anilines is 1. The molecular weight excluding hydrogens is 508 g/mol. The Labute approximate surface area is 226 Å². The second-order valence-electron chi connectivity index (χ2n) is 9.38. The first-order valence-corrected chi connectivity index (χ1v) is 13.3. The lowest BCUT2D eigenvalue weighted by molar-refractivity contribution is 0.0532. The topological polar surface area (TPSA) is 129 Å². The molecule has 0 fully saturated rings. The molecule has 2 aromatic heterocycles. The second-order valence-corrected chi connectivity index (χ2v) is 10.2. The van der Waals surface area contributed by atoms with Gasteiger partial charge in [0.2, 0.25) is 5.95 Å². The van der Waals surface area contributed by atoms with E-state index < -0.39 is 17.7 Å². The second kappa shape index (κ2) is 12.2. The van der Waals surface area contributed by atoms with Crippen LogP contribution in [0.25, 0.3) is 11.0 Å². The van der Waals surface area contributed by atoms with Crippen molar-refractivity contribution in [1.29, 1.82) is 0 Å². The molecule has 2 N–H and O–H groups in total. The van der Waals surface area contributed by atoms with E-state index in [-0.39, 0.29) is 12.5 Å². The molecule has 2 amide bonds. The Morgan fingerprint density at radius 3 is 2.53 bits per heavy atom. The number of ether oxygens (including phenoxy) is 2. The smallest absolute Gasteiger partial charge is 0.407 e. The van der Waals surface area contributed by atoms with Crippen LogP contribution in [0.15, 0.2) is 35.2 Å². The largest absolute Gasteiger partial charge is 0.465 e. The van der Waals surface area contributed by atoms with Crippen LogP contribution < -0.4 is 10.6 Å². The van der Waals surface area contributed by atoms with Crippen molar-refractivity contribution in [1.82, 2.24) is 24.6 Å². The van der Waals surface area contributed by atoms with Crippen LogP contribution in [-0.4, -0.2) is 62.8 Å². The van der Waals surface area contributed by atoms with Crippen molar-refractivity contribution in [2.24, 2.45) is 0 Å². The van der Waals surface area contributed by atoms with Crippen molar-refractivity contribution in [2.75, 3.05) is 25.2 Å². The fourth-order valence-electron chi connectivity index (χ4n) is 3.75. The summed E-state index contributed by atoms with van der Waals surface area (Å²) >= 11 is 1.45. The number of nitrogens with zero attached hydrogens (tertiary/aromatic N) is 4. The van der Waals surface area contributed by atoms with Crippen molar-refractivity contribution < 1.29 is 23.9 Å². The van der Waals surface area contributed by atoms with Crippen molar-refractivity contribution in [3.63, 3.8) is 0 Å². The Hall–Kier alpha value is -3.80. The summed E-state index contributed by atoms with van der Waals surface area (Å²) in [4.78, 5) is 42.8. The fourth-order valence-corrected chi connectivity index (χ4v) is 4.40. The molecule has 0 atom stereocenters. The molecule has 0 aliphatic carbocycles. The summed E-state index contributed by atoms with van der Waals surface area (Å²) in [5.41, 5.74) is 2.22. The highest BCUT2D eigenvalue weighted by atomic mass is 32.2. The van der Waals surface area contributed by atoms with Gasteiger partial charge in [-0.25, -0.2) is 14.6 Å². The number of carbonyl (C=O) groups excluding carboxylic acids is 3.